The van der Waals surface area contributed by atoms with Crippen molar-refractivity contribution in [3.05, 3.63) is 47.2 Å². The van der Waals surface area contributed by atoms with Gasteiger partial charge in [0.1, 0.15) is 5.73 Å². The molecular weight excluding hydrogens is 322 g/mol. The van der Waals surface area contributed by atoms with Crippen molar-refractivity contribution in [1.29, 1.82) is 0 Å². The highest BCUT2D eigenvalue weighted by atomic mass is 19.1. The zero-order chi connectivity index (χ0) is 18.8. The van der Waals surface area contributed by atoms with E-state index in [1.807, 2.05) is 33.8 Å². The van der Waals surface area contributed by atoms with Gasteiger partial charge in [-0.2, -0.15) is 0 Å². The van der Waals surface area contributed by atoms with E-state index in [1.165, 1.54) is 0 Å². The van der Waals surface area contributed by atoms with Gasteiger partial charge in [-0.15, -0.1) is 0 Å². The molecule has 1 aromatic carbocycles. The molecule has 6 heteroatoms. The third-order valence-corrected chi connectivity index (χ3v) is 5.18. The van der Waals surface area contributed by atoms with Crippen molar-refractivity contribution in [2.75, 3.05) is 0 Å². The molecule has 1 saturated heterocycles. The van der Waals surface area contributed by atoms with Gasteiger partial charge in [-0.3, -0.25) is 4.79 Å². The lowest BCUT2D eigenvalue weighted by Gasteiger charge is -2.32. The van der Waals surface area contributed by atoms with E-state index in [1.54, 1.807) is 31.2 Å². The summed E-state index contributed by atoms with van der Waals surface area (Å²) in [6, 6.07) is 9.01. The van der Waals surface area contributed by atoms with Gasteiger partial charge in [0, 0.05) is 0 Å². The molecule has 4 nitrogen and oxygen atoms in total. The molecule has 1 N–H and O–H groups in total. The monoisotopic (exact) mass is 348 g/mol. The summed E-state index contributed by atoms with van der Waals surface area (Å²) in [5.74, 6) is -1.57. The first kappa shape index (κ1) is 19.7. The lowest BCUT2D eigenvalue weighted by atomic mass is 9.83. The molecule has 0 amide bonds. The lowest BCUT2D eigenvalue weighted by Crippen LogP contribution is -2.41. The summed E-state index contributed by atoms with van der Waals surface area (Å²) in [6.45, 7) is 9.12. The first-order valence-corrected chi connectivity index (χ1v) is 8.53. The average Bonchev–Trinajstić information content (AvgIpc) is 2.75. The molecule has 0 bridgehead atoms. The van der Waals surface area contributed by atoms with Gasteiger partial charge < -0.3 is 14.4 Å². The summed E-state index contributed by atoms with van der Waals surface area (Å²) in [4.78, 5) is 11.5. The van der Waals surface area contributed by atoms with Gasteiger partial charge in [0.25, 0.3) is 0 Å². The molecule has 2 rings (SSSR count). The lowest BCUT2D eigenvalue weighted by molar-refractivity contribution is -0.138. The van der Waals surface area contributed by atoms with Crippen LogP contribution in [0.15, 0.2) is 41.6 Å². The van der Waals surface area contributed by atoms with Crippen LogP contribution in [0.2, 0.25) is 0 Å². The van der Waals surface area contributed by atoms with Crippen LogP contribution in [0.3, 0.4) is 0 Å². The standard InChI is InChI=1S/C19H26BFO4/c1-13(16(21)20-24-18(2,3)19(4,5)25-20)11-12-15(17(22)23)14-9-7-6-8-10-14/h6-10,15H,11-12H2,1-5H3,(H,22,23). The Morgan fingerprint density at radius 2 is 1.68 bits per heavy atom. The van der Waals surface area contributed by atoms with E-state index < -0.39 is 35.9 Å². The zero-order valence-corrected chi connectivity index (χ0v) is 15.5. The molecular formula is C19H26BFO4. The third-order valence-electron chi connectivity index (χ3n) is 5.18. The van der Waals surface area contributed by atoms with Crippen molar-refractivity contribution in [1.82, 2.24) is 0 Å². The highest BCUT2D eigenvalue weighted by molar-refractivity contribution is 6.53. The second-order valence-corrected chi connectivity index (χ2v) is 7.56. The minimum Gasteiger partial charge on any atom is -0.481 e. The summed E-state index contributed by atoms with van der Waals surface area (Å²) >= 11 is 0. The fourth-order valence-corrected chi connectivity index (χ4v) is 2.75. The van der Waals surface area contributed by atoms with Gasteiger partial charge in [-0.05, 0) is 58.6 Å². The quantitative estimate of drug-likeness (QED) is 0.769. The van der Waals surface area contributed by atoms with Gasteiger partial charge in [0.05, 0.1) is 17.1 Å². The summed E-state index contributed by atoms with van der Waals surface area (Å²) in [5.41, 5.74) is -0.498. The van der Waals surface area contributed by atoms with E-state index in [9.17, 15) is 14.3 Å². The normalized spacial score (nSPS) is 21.0. The molecule has 0 aromatic heterocycles. The molecule has 1 aliphatic rings. The van der Waals surface area contributed by atoms with Gasteiger partial charge in [-0.1, -0.05) is 30.3 Å². The van der Waals surface area contributed by atoms with Gasteiger partial charge in [0.15, 0.2) is 0 Å². The van der Waals surface area contributed by atoms with Crippen molar-refractivity contribution in [3.63, 3.8) is 0 Å². The Balaban J connectivity index is 2.09. The molecule has 1 unspecified atom stereocenters. The van der Waals surface area contributed by atoms with Crippen LogP contribution in [0, 0.1) is 0 Å². The van der Waals surface area contributed by atoms with E-state index in [2.05, 4.69) is 0 Å². The second kappa shape index (κ2) is 7.30. The molecule has 0 saturated carbocycles. The minimum absolute atomic E-state index is 0.318. The SMILES string of the molecule is CC(CCC(C(=O)O)c1ccccc1)=C(F)B1OC(C)(C)C(C)(C)O1. The fraction of sp³-hybridized carbons (Fsp3) is 0.526. The van der Waals surface area contributed by atoms with E-state index in [0.717, 1.165) is 5.56 Å². The Hall–Kier alpha value is -1.66. The predicted octanol–water partition coefficient (Wildman–Crippen LogP) is 4.51. The molecule has 1 aliphatic heterocycles. The Bertz CT molecular complexity index is 639. The molecule has 0 spiro atoms. The smallest absolute Gasteiger partial charge is 0.481 e. The highest BCUT2D eigenvalue weighted by Gasteiger charge is 2.53. The maximum absolute atomic E-state index is 14.7. The van der Waals surface area contributed by atoms with Crippen molar-refractivity contribution in [3.8, 4) is 0 Å². The van der Waals surface area contributed by atoms with Crippen LogP contribution in [-0.2, 0) is 14.1 Å². The molecule has 25 heavy (non-hydrogen) atoms. The topological polar surface area (TPSA) is 55.8 Å². The highest BCUT2D eigenvalue weighted by Crippen LogP contribution is 2.39. The van der Waals surface area contributed by atoms with Crippen LogP contribution in [0.1, 0.15) is 58.9 Å². The van der Waals surface area contributed by atoms with E-state index in [-0.39, 0.29) is 0 Å². The molecule has 1 aromatic rings. The number of rotatable bonds is 6. The fourth-order valence-electron chi connectivity index (χ4n) is 2.75. The average molecular weight is 348 g/mol. The Morgan fingerprint density at radius 3 is 2.16 bits per heavy atom. The Kier molecular flexibility index (Phi) is 5.74. The number of carbonyl (C=O) groups is 1. The number of halogens is 1. The van der Waals surface area contributed by atoms with Crippen LogP contribution in [0.25, 0.3) is 0 Å². The van der Waals surface area contributed by atoms with Crippen molar-refractivity contribution >= 4 is 13.1 Å². The second-order valence-electron chi connectivity index (χ2n) is 7.56. The number of carboxylic acids is 1. The number of hydrogen-bond acceptors (Lipinski definition) is 3. The largest absolute Gasteiger partial charge is 0.525 e. The van der Waals surface area contributed by atoms with Gasteiger partial charge >= 0.3 is 13.1 Å². The van der Waals surface area contributed by atoms with Crippen molar-refractivity contribution in [2.24, 2.45) is 0 Å². The molecule has 1 heterocycles. The van der Waals surface area contributed by atoms with Crippen LogP contribution in [0.5, 0.6) is 0 Å². The Morgan fingerprint density at radius 1 is 1.16 bits per heavy atom. The van der Waals surface area contributed by atoms with Gasteiger partial charge in [0.2, 0.25) is 0 Å². The van der Waals surface area contributed by atoms with Crippen molar-refractivity contribution in [2.45, 2.75) is 64.6 Å². The molecule has 1 fully saturated rings. The number of allylic oxidation sites excluding steroid dienone is 1. The zero-order valence-electron chi connectivity index (χ0n) is 15.5. The number of aliphatic carboxylic acids is 1. The van der Waals surface area contributed by atoms with E-state index in [0.29, 0.717) is 18.4 Å². The molecule has 1 atom stereocenters. The first-order chi connectivity index (χ1) is 11.5. The van der Waals surface area contributed by atoms with Gasteiger partial charge in [-0.25, -0.2) is 4.39 Å². The number of carboxylic acid groups (broad SMARTS) is 1. The minimum atomic E-state index is -1.04. The molecule has 0 aliphatic carbocycles. The summed E-state index contributed by atoms with van der Waals surface area (Å²) in [5, 5.41) is 9.47. The van der Waals surface area contributed by atoms with E-state index in [4.69, 9.17) is 9.31 Å². The first-order valence-electron chi connectivity index (χ1n) is 8.53. The third kappa shape index (κ3) is 4.31. The van der Waals surface area contributed by atoms with Crippen molar-refractivity contribution < 1.29 is 23.6 Å². The number of benzene rings is 1. The summed E-state index contributed by atoms with van der Waals surface area (Å²) in [6.07, 6.45) is 0.639. The van der Waals surface area contributed by atoms with Crippen LogP contribution < -0.4 is 0 Å². The van der Waals surface area contributed by atoms with E-state index >= 15 is 0 Å². The Labute approximate surface area is 149 Å². The maximum atomic E-state index is 14.7. The van der Waals surface area contributed by atoms with Crippen LogP contribution >= 0.6 is 0 Å². The summed E-state index contributed by atoms with van der Waals surface area (Å²) < 4.78 is 26.2. The summed E-state index contributed by atoms with van der Waals surface area (Å²) in [7, 11) is -1.04. The predicted molar refractivity (Wildman–Crippen MR) is 95.9 cm³/mol. The van der Waals surface area contributed by atoms with Crippen LogP contribution in [-0.4, -0.2) is 29.4 Å². The maximum Gasteiger partial charge on any atom is 0.525 e. The molecule has 136 valence electrons. The molecule has 0 radical (unpaired) electrons. The van der Waals surface area contributed by atoms with Crippen LogP contribution in [0.4, 0.5) is 4.39 Å². The number of hydrogen-bond donors (Lipinski definition) is 1.